The molecule has 5 rings (SSSR count). The van der Waals surface area contributed by atoms with Crippen molar-refractivity contribution in [2.45, 2.75) is 50.9 Å². The normalized spacial score (nSPS) is 24.3. The minimum atomic E-state index is -4.46. The van der Waals surface area contributed by atoms with Gasteiger partial charge < -0.3 is 19.9 Å². The van der Waals surface area contributed by atoms with Crippen LogP contribution < -0.4 is 19.9 Å². The number of hydrogen-bond acceptors (Lipinski definition) is 7. The number of alkyl halides is 3. The largest absolute Gasteiger partial charge is 0.492 e. The molecule has 11 heteroatoms. The fourth-order valence-electron chi connectivity index (χ4n) is 4.58. The summed E-state index contributed by atoms with van der Waals surface area (Å²) in [5.74, 6) is 2.04. The van der Waals surface area contributed by atoms with Crippen molar-refractivity contribution in [3.8, 4) is 5.75 Å². The molecule has 0 unspecified atom stereocenters. The standard InChI is InChI=1S/C22H25F3N6O2/c1-12-20(32)31-7-3-4-16-18(31)19(30(12)2)29-21(28-16)27-14-8-13(9-14)11-33-15-5-6-17(26-10-15)22(23,24)25/h5-6,10,12-14H,3-4,7-9,11H2,1-2H3,(H,27,28,29)/t12-,13-,14+/m0/s1. The number of nitrogens with zero attached hydrogens (tertiary/aromatic N) is 5. The minimum absolute atomic E-state index is 0.0836. The zero-order chi connectivity index (χ0) is 23.3. The first-order valence-electron chi connectivity index (χ1n) is 11.1. The van der Waals surface area contributed by atoms with E-state index in [-0.39, 0.29) is 23.9 Å². The second-order valence-electron chi connectivity index (χ2n) is 8.91. The van der Waals surface area contributed by atoms with Crippen LogP contribution in [0.25, 0.3) is 0 Å². The third kappa shape index (κ3) is 4.04. The highest BCUT2D eigenvalue weighted by molar-refractivity contribution is 6.05. The molecular formula is C22H25F3N6O2. The molecule has 33 heavy (non-hydrogen) atoms. The van der Waals surface area contributed by atoms with Gasteiger partial charge in [-0.15, -0.1) is 0 Å². The quantitative estimate of drug-likeness (QED) is 0.730. The Balaban J connectivity index is 1.18. The number of ether oxygens (including phenoxy) is 1. The first-order valence-corrected chi connectivity index (χ1v) is 11.1. The highest BCUT2D eigenvalue weighted by Crippen LogP contribution is 2.40. The van der Waals surface area contributed by atoms with Crippen molar-refractivity contribution in [1.82, 2.24) is 15.0 Å². The Morgan fingerprint density at radius 3 is 2.73 bits per heavy atom. The van der Waals surface area contributed by atoms with Gasteiger partial charge in [-0.1, -0.05) is 0 Å². The van der Waals surface area contributed by atoms with Gasteiger partial charge in [0.05, 0.1) is 18.5 Å². The zero-order valence-electron chi connectivity index (χ0n) is 18.4. The van der Waals surface area contributed by atoms with Gasteiger partial charge >= 0.3 is 6.18 Å². The Kier molecular flexibility index (Phi) is 5.29. The van der Waals surface area contributed by atoms with Crippen LogP contribution in [0, 0.1) is 5.92 Å². The predicted molar refractivity (Wildman–Crippen MR) is 115 cm³/mol. The average molecular weight is 462 g/mol. The molecule has 176 valence electrons. The molecule has 1 saturated carbocycles. The summed E-state index contributed by atoms with van der Waals surface area (Å²) in [4.78, 5) is 29.2. The van der Waals surface area contributed by atoms with Crippen molar-refractivity contribution < 1.29 is 22.7 Å². The predicted octanol–water partition coefficient (Wildman–Crippen LogP) is 3.28. The lowest BCUT2D eigenvalue weighted by Gasteiger charge is -2.42. The molecule has 1 aliphatic carbocycles. The van der Waals surface area contributed by atoms with Gasteiger partial charge in [0, 0.05) is 19.6 Å². The molecule has 1 amide bonds. The van der Waals surface area contributed by atoms with E-state index < -0.39 is 11.9 Å². The molecule has 0 aromatic carbocycles. The van der Waals surface area contributed by atoms with Crippen molar-refractivity contribution in [2.75, 3.05) is 35.3 Å². The number of pyridine rings is 1. The van der Waals surface area contributed by atoms with Crippen LogP contribution in [-0.2, 0) is 17.4 Å². The van der Waals surface area contributed by atoms with Crippen LogP contribution in [0.1, 0.15) is 37.6 Å². The molecule has 0 spiro atoms. The Morgan fingerprint density at radius 1 is 1.24 bits per heavy atom. The molecule has 2 aromatic heterocycles. The fourth-order valence-corrected chi connectivity index (χ4v) is 4.58. The molecular weight excluding hydrogens is 437 g/mol. The lowest BCUT2D eigenvalue weighted by atomic mass is 9.81. The maximum absolute atomic E-state index is 12.6. The molecule has 1 N–H and O–H groups in total. The number of aryl methyl sites for hydroxylation is 1. The number of amides is 1. The molecule has 4 heterocycles. The number of halogens is 3. The van der Waals surface area contributed by atoms with Crippen LogP contribution in [0.3, 0.4) is 0 Å². The molecule has 2 aliphatic heterocycles. The van der Waals surface area contributed by atoms with Gasteiger partial charge in [-0.25, -0.2) is 9.97 Å². The Labute approximate surface area is 189 Å². The second-order valence-corrected chi connectivity index (χ2v) is 8.91. The van der Waals surface area contributed by atoms with Gasteiger partial charge in [0.25, 0.3) is 0 Å². The fraction of sp³-hybridized carbons (Fsp3) is 0.545. The number of carbonyl (C=O) groups is 1. The third-order valence-corrected chi connectivity index (χ3v) is 6.62. The summed E-state index contributed by atoms with van der Waals surface area (Å²) in [5, 5.41) is 3.40. The van der Waals surface area contributed by atoms with Gasteiger partial charge in [-0.3, -0.25) is 4.79 Å². The van der Waals surface area contributed by atoms with Gasteiger partial charge in [0.1, 0.15) is 23.2 Å². The van der Waals surface area contributed by atoms with E-state index in [1.807, 2.05) is 23.8 Å². The summed E-state index contributed by atoms with van der Waals surface area (Å²) in [7, 11) is 1.88. The van der Waals surface area contributed by atoms with Gasteiger partial charge in [0.2, 0.25) is 11.9 Å². The van der Waals surface area contributed by atoms with Crippen LogP contribution in [0.5, 0.6) is 5.75 Å². The van der Waals surface area contributed by atoms with Gasteiger partial charge in [0.15, 0.2) is 5.82 Å². The monoisotopic (exact) mass is 462 g/mol. The van der Waals surface area contributed by atoms with Crippen molar-refractivity contribution in [3.05, 3.63) is 29.7 Å². The molecule has 0 radical (unpaired) electrons. The first-order chi connectivity index (χ1) is 15.7. The van der Waals surface area contributed by atoms with E-state index in [4.69, 9.17) is 14.7 Å². The molecule has 2 aromatic rings. The van der Waals surface area contributed by atoms with Crippen LogP contribution in [-0.4, -0.2) is 53.1 Å². The summed E-state index contributed by atoms with van der Waals surface area (Å²) < 4.78 is 43.4. The maximum Gasteiger partial charge on any atom is 0.433 e. The average Bonchev–Trinajstić information content (AvgIpc) is 2.76. The summed E-state index contributed by atoms with van der Waals surface area (Å²) >= 11 is 0. The van der Waals surface area contributed by atoms with E-state index in [0.29, 0.717) is 24.8 Å². The van der Waals surface area contributed by atoms with E-state index in [0.717, 1.165) is 55.1 Å². The van der Waals surface area contributed by atoms with E-state index in [2.05, 4.69) is 10.3 Å². The van der Waals surface area contributed by atoms with Crippen LogP contribution in [0.15, 0.2) is 18.3 Å². The molecule has 3 aliphatic rings. The Morgan fingerprint density at radius 2 is 2.03 bits per heavy atom. The number of rotatable bonds is 5. The lowest BCUT2D eigenvalue weighted by Crippen LogP contribution is -2.53. The van der Waals surface area contributed by atoms with Crippen LogP contribution in [0.4, 0.5) is 30.6 Å². The second kappa shape index (κ2) is 8.03. The smallest absolute Gasteiger partial charge is 0.433 e. The van der Waals surface area contributed by atoms with Crippen LogP contribution >= 0.6 is 0 Å². The summed E-state index contributed by atoms with van der Waals surface area (Å²) in [6, 6.07) is 2.15. The highest BCUT2D eigenvalue weighted by atomic mass is 19.4. The molecule has 0 bridgehead atoms. The summed E-state index contributed by atoms with van der Waals surface area (Å²) in [5.41, 5.74) is 0.802. The van der Waals surface area contributed by atoms with E-state index in [1.54, 1.807) is 0 Å². The first kappa shape index (κ1) is 21.7. The maximum atomic E-state index is 12.6. The molecule has 8 nitrogen and oxygen atoms in total. The number of carbonyl (C=O) groups excluding carboxylic acids is 1. The van der Waals surface area contributed by atoms with Crippen LogP contribution in [0.2, 0.25) is 0 Å². The Bertz CT molecular complexity index is 1060. The minimum Gasteiger partial charge on any atom is -0.492 e. The topological polar surface area (TPSA) is 83.5 Å². The van der Waals surface area contributed by atoms with E-state index in [1.165, 1.54) is 6.07 Å². The Hall–Kier alpha value is -3.11. The number of likely N-dealkylation sites (N-methyl/N-ethyl adjacent to an activating group) is 1. The van der Waals surface area contributed by atoms with Gasteiger partial charge in [-0.05, 0) is 50.7 Å². The van der Waals surface area contributed by atoms with Crippen molar-refractivity contribution >= 4 is 23.4 Å². The number of nitrogens with one attached hydrogen (secondary N) is 1. The highest BCUT2D eigenvalue weighted by Gasteiger charge is 2.39. The number of hydrogen-bond donors (Lipinski definition) is 1. The summed E-state index contributed by atoms with van der Waals surface area (Å²) in [6.07, 6.45) is 0.0422. The molecule has 1 fully saturated rings. The third-order valence-electron chi connectivity index (χ3n) is 6.62. The van der Waals surface area contributed by atoms with Gasteiger partial charge in [-0.2, -0.15) is 18.2 Å². The van der Waals surface area contributed by atoms with Crippen molar-refractivity contribution in [1.29, 1.82) is 0 Å². The lowest BCUT2D eigenvalue weighted by molar-refractivity contribution is -0.141. The number of anilines is 3. The van der Waals surface area contributed by atoms with Crippen molar-refractivity contribution in [2.24, 2.45) is 5.92 Å². The van der Waals surface area contributed by atoms with E-state index >= 15 is 0 Å². The molecule has 0 saturated heterocycles. The molecule has 1 atom stereocenters. The SMILES string of the molecule is C[C@H]1C(=O)N2CCCc3nc(N[C@H]4C[C@@H](COc5ccc(C(F)(F)F)nc5)C4)nc(c32)N1C. The van der Waals surface area contributed by atoms with E-state index in [9.17, 15) is 18.0 Å². The summed E-state index contributed by atoms with van der Waals surface area (Å²) in [6.45, 7) is 3.00. The zero-order valence-corrected chi connectivity index (χ0v) is 18.4. The number of aromatic nitrogens is 3. The van der Waals surface area contributed by atoms with Crippen molar-refractivity contribution in [3.63, 3.8) is 0 Å².